The second kappa shape index (κ2) is 8.29. The fourth-order valence-corrected chi connectivity index (χ4v) is 4.96. The van der Waals surface area contributed by atoms with Gasteiger partial charge in [-0.2, -0.15) is 0 Å². The van der Waals surface area contributed by atoms with Crippen LogP contribution in [0.3, 0.4) is 0 Å². The van der Waals surface area contributed by atoms with Crippen LogP contribution < -0.4 is 5.32 Å². The Labute approximate surface area is 176 Å². The summed E-state index contributed by atoms with van der Waals surface area (Å²) < 4.78 is 0.615. The number of halogens is 1. The fourth-order valence-electron chi connectivity index (χ4n) is 3.33. The van der Waals surface area contributed by atoms with Gasteiger partial charge in [0.1, 0.15) is 10.8 Å². The SMILES string of the molecule is O=C(Nc1ccccc1)c1c(/N=C/c2ccc(O)c(Br)c2)sc2c1CCCC2. The first-order chi connectivity index (χ1) is 13.6. The number of phenolic OH excluding ortho intramolecular Hbond substituents is 1. The third-order valence-electron chi connectivity index (χ3n) is 4.71. The number of aliphatic imine (C=N–C) groups is 1. The summed E-state index contributed by atoms with van der Waals surface area (Å²) in [5, 5.41) is 13.4. The number of thiophene rings is 1. The lowest BCUT2D eigenvalue weighted by molar-refractivity contribution is 0.102. The van der Waals surface area contributed by atoms with Crippen molar-refractivity contribution < 1.29 is 9.90 Å². The molecule has 4 nitrogen and oxygen atoms in total. The van der Waals surface area contributed by atoms with Crippen LogP contribution in [0.15, 0.2) is 58.0 Å². The lowest BCUT2D eigenvalue weighted by Crippen LogP contribution is -2.14. The van der Waals surface area contributed by atoms with Crippen molar-refractivity contribution in [2.24, 2.45) is 4.99 Å². The molecule has 0 radical (unpaired) electrons. The Morgan fingerprint density at radius 2 is 1.93 bits per heavy atom. The number of amides is 1. The largest absolute Gasteiger partial charge is 0.507 e. The monoisotopic (exact) mass is 454 g/mol. The van der Waals surface area contributed by atoms with E-state index < -0.39 is 0 Å². The first-order valence-electron chi connectivity index (χ1n) is 9.15. The average molecular weight is 455 g/mol. The number of nitrogens with zero attached hydrogens (tertiary/aromatic N) is 1. The highest BCUT2D eigenvalue weighted by Crippen LogP contribution is 2.40. The molecule has 1 aliphatic rings. The smallest absolute Gasteiger partial charge is 0.259 e. The predicted molar refractivity (Wildman–Crippen MR) is 118 cm³/mol. The quantitative estimate of drug-likeness (QED) is 0.467. The van der Waals surface area contributed by atoms with Crippen LogP contribution in [0.4, 0.5) is 10.7 Å². The number of nitrogens with one attached hydrogen (secondary N) is 1. The van der Waals surface area contributed by atoms with E-state index in [9.17, 15) is 9.90 Å². The molecule has 0 fully saturated rings. The highest BCUT2D eigenvalue weighted by molar-refractivity contribution is 9.10. The van der Waals surface area contributed by atoms with E-state index in [-0.39, 0.29) is 11.7 Å². The molecule has 1 aliphatic carbocycles. The molecular formula is C22H19BrN2O2S. The molecule has 28 heavy (non-hydrogen) atoms. The highest BCUT2D eigenvalue weighted by atomic mass is 79.9. The Bertz CT molecular complexity index is 1040. The standard InChI is InChI=1S/C22H19BrN2O2S/c23-17-12-14(10-11-18(17)26)13-24-22-20(16-8-4-5-9-19(16)28-22)21(27)25-15-6-2-1-3-7-15/h1-3,6-7,10-13,26H,4-5,8-9H2,(H,25,27)/b24-13+. The number of hydrogen-bond acceptors (Lipinski definition) is 4. The molecule has 2 aromatic carbocycles. The number of aryl methyl sites for hydroxylation is 1. The maximum Gasteiger partial charge on any atom is 0.259 e. The minimum Gasteiger partial charge on any atom is -0.507 e. The average Bonchev–Trinajstić information content (AvgIpc) is 3.08. The highest BCUT2D eigenvalue weighted by Gasteiger charge is 2.25. The maximum absolute atomic E-state index is 13.1. The van der Waals surface area contributed by atoms with E-state index >= 15 is 0 Å². The summed E-state index contributed by atoms with van der Waals surface area (Å²) in [7, 11) is 0. The summed E-state index contributed by atoms with van der Waals surface area (Å²) in [6, 6.07) is 14.7. The Morgan fingerprint density at radius 3 is 2.71 bits per heavy atom. The summed E-state index contributed by atoms with van der Waals surface area (Å²) in [6.45, 7) is 0. The van der Waals surface area contributed by atoms with Crippen molar-refractivity contribution in [2.45, 2.75) is 25.7 Å². The number of anilines is 1. The van der Waals surface area contributed by atoms with Gasteiger partial charge in [-0.1, -0.05) is 18.2 Å². The molecule has 142 valence electrons. The third kappa shape index (κ3) is 4.03. The van der Waals surface area contributed by atoms with Crippen molar-refractivity contribution in [3.8, 4) is 5.75 Å². The summed E-state index contributed by atoms with van der Waals surface area (Å²) >= 11 is 4.93. The number of hydrogen-bond donors (Lipinski definition) is 2. The Kier molecular flexibility index (Phi) is 5.59. The zero-order valence-corrected chi connectivity index (χ0v) is 17.5. The molecule has 6 heteroatoms. The van der Waals surface area contributed by atoms with Crippen LogP contribution in [0.5, 0.6) is 5.75 Å². The van der Waals surface area contributed by atoms with Gasteiger partial charge in [-0.05, 0) is 83.1 Å². The van der Waals surface area contributed by atoms with Gasteiger partial charge in [0.05, 0.1) is 10.0 Å². The summed E-state index contributed by atoms with van der Waals surface area (Å²) in [5.74, 6) is 0.0799. The van der Waals surface area contributed by atoms with E-state index in [0.29, 0.717) is 10.0 Å². The number of para-hydroxylation sites is 1. The lowest BCUT2D eigenvalue weighted by Gasteiger charge is -2.12. The number of fused-ring (bicyclic) bond motifs is 1. The van der Waals surface area contributed by atoms with E-state index in [1.807, 2.05) is 30.3 Å². The minimum atomic E-state index is -0.107. The molecule has 1 heterocycles. The van der Waals surface area contributed by atoms with Crippen molar-refractivity contribution in [1.29, 1.82) is 0 Å². The number of benzene rings is 2. The van der Waals surface area contributed by atoms with Crippen LogP contribution in [-0.4, -0.2) is 17.2 Å². The van der Waals surface area contributed by atoms with Gasteiger partial charge in [-0.3, -0.25) is 4.79 Å². The van der Waals surface area contributed by atoms with Crippen molar-refractivity contribution in [2.75, 3.05) is 5.32 Å². The van der Waals surface area contributed by atoms with E-state index in [0.717, 1.165) is 47.5 Å². The van der Waals surface area contributed by atoms with Crippen molar-refractivity contribution in [3.63, 3.8) is 0 Å². The molecule has 2 N–H and O–H groups in total. The van der Waals surface area contributed by atoms with E-state index in [1.54, 1.807) is 35.8 Å². The first kappa shape index (κ1) is 18.9. The van der Waals surface area contributed by atoms with E-state index in [1.165, 1.54) is 4.88 Å². The molecule has 0 spiro atoms. The van der Waals surface area contributed by atoms with Gasteiger partial charge in [0.15, 0.2) is 0 Å². The summed E-state index contributed by atoms with van der Waals surface area (Å²) in [4.78, 5) is 19.0. The summed E-state index contributed by atoms with van der Waals surface area (Å²) in [6.07, 6.45) is 5.92. The Hall–Kier alpha value is -2.44. The van der Waals surface area contributed by atoms with Crippen molar-refractivity contribution in [1.82, 2.24) is 0 Å². The van der Waals surface area contributed by atoms with Crippen LogP contribution in [0.2, 0.25) is 0 Å². The molecule has 0 unspecified atom stereocenters. The van der Waals surface area contributed by atoms with Gasteiger partial charge in [-0.15, -0.1) is 11.3 Å². The van der Waals surface area contributed by atoms with Gasteiger partial charge in [-0.25, -0.2) is 4.99 Å². The number of aromatic hydroxyl groups is 1. The topological polar surface area (TPSA) is 61.7 Å². The molecule has 0 aliphatic heterocycles. The molecule has 4 rings (SSSR count). The van der Waals surface area contributed by atoms with Crippen LogP contribution >= 0.6 is 27.3 Å². The van der Waals surface area contributed by atoms with Gasteiger partial charge in [0, 0.05) is 16.8 Å². The lowest BCUT2D eigenvalue weighted by atomic mass is 9.95. The van der Waals surface area contributed by atoms with Crippen molar-refractivity contribution >= 4 is 50.1 Å². The second-order valence-electron chi connectivity index (χ2n) is 6.68. The van der Waals surface area contributed by atoms with Gasteiger partial charge in [0.2, 0.25) is 0 Å². The number of carbonyl (C=O) groups excluding carboxylic acids is 1. The van der Waals surface area contributed by atoms with Crippen LogP contribution in [-0.2, 0) is 12.8 Å². The zero-order chi connectivity index (χ0) is 19.5. The second-order valence-corrected chi connectivity index (χ2v) is 8.62. The van der Waals surface area contributed by atoms with Crippen LogP contribution in [0, 0.1) is 0 Å². The van der Waals surface area contributed by atoms with Gasteiger partial charge >= 0.3 is 0 Å². The molecule has 1 aromatic heterocycles. The first-order valence-corrected chi connectivity index (χ1v) is 10.8. The molecular weight excluding hydrogens is 436 g/mol. The number of carbonyl (C=O) groups is 1. The molecule has 0 saturated carbocycles. The number of rotatable bonds is 4. The van der Waals surface area contributed by atoms with Crippen molar-refractivity contribution in [3.05, 3.63) is 74.6 Å². The van der Waals surface area contributed by atoms with Gasteiger partial charge in [0.25, 0.3) is 5.91 Å². The molecule has 0 atom stereocenters. The molecule has 0 saturated heterocycles. The van der Waals surface area contributed by atoms with Crippen LogP contribution in [0.1, 0.15) is 39.2 Å². The normalized spacial score (nSPS) is 13.5. The number of phenols is 1. The van der Waals surface area contributed by atoms with E-state index in [4.69, 9.17) is 0 Å². The van der Waals surface area contributed by atoms with Crippen LogP contribution in [0.25, 0.3) is 0 Å². The minimum absolute atomic E-state index is 0.107. The molecule has 1 amide bonds. The molecule has 0 bridgehead atoms. The molecule has 3 aromatic rings. The fraction of sp³-hybridized carbons (Fsp3) is 0.182. The van der Waals surface area contributed by atoms with Gasteiger partial charge < -0.3 is 10.4 Å². The van der Waals surface area contributed by atoms with E-state index in [2.05, 4.69) is 26.2 Å². The summed E-state index contributed by atoms with van der Waals surface area (Å²) in [5.41, 5.74) is 3.47. The Morgan fingerprint density at radius 1 is 1.14 bits per heavy atom. The Balaban J connectivity index is 1.68. The predicted octanol–water partition coefficient (Wildman–Crippen LogP) is 6.10. The zero-order valence-electron chi connectivity index (χ0n) is 15.1. The maximum atomic E-state index is 13.1. The third-order valence-corrected chi connectivity index (χ3v) is 6.55.